The second kappa shape index (κ2) is 6.14. The van der Waals surface area contributed by atoms with Gasteiger partial charge in [0, 0.05) is 12.7 Å². The quantitative estimate of drug-likeness (QED) is 0.868. The van der Waals surface area contributed by atoms with Crippen LogP contribution < -0.4 is 5.73 Å². The number of ether oxygens (including phenoxy) is 1. The van der Waals surface area contributed by atoms with Crippen LogP contribution >= 0.6 is 0 Å². The monoisotopic (exact) mass is 286 g/mol. The fraction of sp³-hybridized carbons (Fsp3) is 0.353. The van der Waals surface area contributed by atoms with E-state index in [1.807, 2.05) is 62.2 Å². The van der Waals surface area contributed by atoms with Crippen LogP contribution in [0.4, 0.5) is 0 Å². The summed E-state index contributed by atoms with van der Waals surface area (Å²) in [6.07, 6.45) is 4.99. The fourth-order valence-corrected chi connectivity index (χ4v) is 2.04. The maximum atomic E-state index is 12.0. The van der Waals surface area contributed by atoms with Gasteiger partial charge in [-0.3, -0.25) is 0 Å². The number of nitrogens with two attached hydrogens (primary N) is 1. The summed E-state index contributed by atoms with van der Waals surface area (Å²) >= 11 is 0. The molecule has 0 saturated heterocycles. The van der Waals surface area contributed by atoms with E-state index in [9.17, 15) is 4.79 Å². The predicted molar refractivity (Wildman–Crippen MR) is 83.0 cm³/mol. The van der Waals surface area contributed by atoms with Gasteiger partial charge in [-0.15, -0.1) is 0 Å². The molecule has 112 valence electrons. The molecule has 0 saturated carbocycles. The van der Waals surface area contributed by atoms with Crippen molar-refractivity contribution in [1.82, 2.24) is 4.90 Å². The topological polar surface area (TPSA) is 55.6 Å². The number of hydrogen-bond acceptors (Lipinski definition) is 4. The van der Waals surface area contributed by atoms with Gasteiger partial charge in [0.15, 0.2) is 0 Å². The number of esters is 1. The Bertz CT molecular complexity index is 556. The first-order valence-electron chi connectivity index (χ1n) is 7.04. The van der Waals surface area contributed by atoms with Crippen LogP contribution in [-0.4, -0.2) is 22.6 Å². The van der Waals surface area contributed by atoms with Crippen LogP contribution in [0.15, 0.2) is 54.3 Å². The van der Waals surface area contributed by atoms with E-state index < -0.39 is 5.60 Å². The standard InChI is InChI=1S/C17H22N2O2/c1-17(2,3)21-16(20)14-9-10-19(15(18)11-14)12-13-7-5-4-6-8-13/h4-11,15H,12,18H2,1-3H3. The summed E-state index contributed by atoms with van der Waals surface area (Å²) in [7, 11) is 0. The predicted octanol–water partition coefficient (Wildman–Crippen LogP) is 2.57. The fourth-order valence-electron chi connectivity index (χ4n) is 2.04. The Morgan fingerprint density at radius 1 is 1.29 bits per heavy atom. The molecule has 0 fully saturated rings. The van der Waals surface area contributed by atoms with Crippen molar-refractivity contribution in [2.45, 2.75) is 39.1 Å². The highest BCUT2D eigenvalue weighted by Gasteiger charge is 2.22. The van der Waals surface area contributed by atoms with Crippen molar-refractivity contribution in [2.24, 2.45) is 5.73 Å². The van der Waals surface area contributed by atoms with Crippen molar-refractivity contribution in [2.75, 3.05) is 0 Å². The van der Waals surface area contributed by atoms with Crippen molar-refractivity contribution in [3.8, 4) is 0 Å². The van der Waals surface area contributed by atoms with E-state index in [0.29, 0.717) is 12.1 Å². The molecule has 1 aromatic carbocycles. The first kappa shape index (κ1) is 15.3. The van der Waals surface area contributed by atoms with Crippen LogP contribution in [0.5, 0.6) is 0 Å². The van der Waals surface area contributed by atoms with E-state index in [-0.39, 0.29) is 12.1 Å². The molecule has 2 N–H and O–H groups in total. The smallest absolute Gasteiger partial charge is 0.338 e. The molecule has 4 heteroatoms. The summed E-state index contributed by atoms with van der Waals surface area (Å²) in [6.45, 7) is 6.25. The van der Waals surface area contributed by atoms with Crippen LogP contribution in [0.2, 0.25) is 0 Å². The van der Waals surface area contributed by atoms with Crippen molar-refractivity contribution < 1.29 is 9.53 Å². The third kappa shape index (κ3) is 4.46. The molecule has 1 heterocycles. The average Bonchev–Trinajstić information content (AvgIpc) is 2.40. The van der Waals surface area contributed by atoms with Gasteiger partial charge in [-0.2, -0.15) is 0 Å². The Balaban J connectivity index is 2.01. The van der Waals surface area contributed by atoms with E-state index in [1.54, 1.807) is 12.2 Å². The van der Waals surface area contributed by atoms with Crippen LogP contribution in [-0.2, 0) is 16.1 Å². The zero-order valence-electron chi connectivity index (χ0n) is 12.7. The van der Waals surface area contributed by atoms with E-state index in [0.717, 1.165) is 0 Å². The summed E-state index contributed by atoms with van der Waals surface area (Å²) in [4.78, 5) is 14.0. The zero-order chi connectivity index (χ0) is 15.5. The maximum absolute atomic E-state index is 12.0. The van der Waals surface area contributed by atoms with Gasteiger partial charge in [0.25, 0.3) is 0 Å². The Hall–Kier alpha value is -2.07. The van der Waals surface area contributed by atoms with E-state index in [2.05, 4.69) is 0 Å². The van der Waals surface area contributed by atoms with Gasteiger partial charge in [0.2, 0.25) is 0 Å². The van der Waals surface area contributed by atoms with Gasteiger partial charge in [-0.25, -0.2) is 4.79 Å². The Kier molecular flexibility index (Phi) is 4.48. The maximum Gasteiger partial charge on any atom is 0.338 e. The van der Waals surface area contributed by atoms with Gasteiger partial charge in [0.05, 0.1) is 11.7 Å². The Labute approximate surface area is 125 Å². The number of carbonyl (C=O) groups excluding carboxylic acids is 1. The minimum absolute atomic E-state index is 0.335. The van der Waals surface area contributed by atoms with Crippen LogP contribution in [0.25, 0.3) is 0 Å². The lowest BCUT2D eigenvalue weighted by molar-refractivity contribution is -0.149. The summed E-state index contributed by atoms with van der Waals surface area (Å²) in [5.41, 5.74) is 7.28. The van der Waals surface area contributed by atoms with Gasteiger partial charge in [0.1, 0.15) is 5.60 Å². The van der Waals surface area contributed by atoms with Crippen molar-refractivity contribution in [3.63, 3.8) is 0 Å². The second-order valence-corrected chi connectivity index (χ2v) is 6.09. The zero-order valence-corrected chi connectivity index (χ0v) is 12.7. The van der Waals surface area contributed by atoms with Crippen LogP contribution in [0.3, 0.4) is 0 Å². The molecule has 0 aromatic heterocycles. The van der Waals surface area contributed by atoms with Crippen molar-refractivity contribution in [1.29, 1.82) is 0 Å². The molecule has 4 nitrogen and oxygen atoms in total. The normalized spacial score (nSPS) is 18.4. The number of hydrogen-bond donors (Lipinski definition) is 1. The van der Waals surface area contributed by atoms with E-state index in [4.69, 9.17) is 10.5 Å². The lowest BCUT2D eigenvalue weighted by Gasteiger charge is -2.29. The number of carbonyl (C=O) groups is 1. The molecular formula is C17H22N2O2. The highest BCUT2D eigenvalue weighted by atomic mass is 16.6. The van der Waals surface area contributed by atoms with Gasteiger partial charge in [-0.1, -0.05) is 30.3 Å². The molecule has 2 rings (SSSR count). The molecule has 21 heavy (non-hydrogen) atoms. The van der Waals surface area contributed by atoms with Gasteiger partial charge >= 0.3 is 5.97 Å². The molecule has 0 bridgehead atoms. The molecule has 1 aromatic rings. The molecule has 0 aliphatic carbocycles. The van der Waals surface area contributed by atoms with Crippen molar-refractivity contribution in [3.05, 3.63) is 59.8 Å². The SMILES string of the molecule is CC(C)(C)OC(=O)C1=CC(N)N(Cc2ccccc2)C=C1. The first-order valence-corrected chi connectivity index (χ1v) is 7.04. The van der Waals surface area contributed by atoms with Crippen LogP contribution in [0, 0.1) is 0 Å². The summed E-state index contributed by atoms with van der Waals surface area (Å²) in [5.74, 6) is -0.339. The lowest BCUT2D eigenvalue weighted by atomic mass is 10.1. The lowest BCUT2D eigenvalue weighted by Crippen LogP contribution is -2.39. The van der Waals surface area contributed by atoms with Gasteiger partial charge < -0.3 is 15.4 Å². The van der Waals surface area contributed by atoms with E-state index >= 15 is 0 Å². The van der Waals surface area contributed by atoms with Crippen molar-refractivity contribution >= 4 is 5.97 Å². The molecule has 1 unspecified atom stereocenters. The third-order valence-electron chi connectivity index (χ3n) is 3.02. The number of nitrogens with zero attached hydrogens (tertiary/aromatic N) is 1. The highest BCUT2D eigenvalue weighted by Crippen LogP contribution is 2.18. The third-order valence-corrected chi connectivity index (χ3v) is 3.02. The Morgan fingerprint density at radius 3 is 2.52 bits per heavy atom. The molecule has 0 radical (unpaired) electrons. The van der Waals surface area contributed by atoms with E-state index in [1.165, 1.54) is 5.56 Å². The highest BCUT2D eigenvalue weighted by molar-refractivity contribution is 5.92. The van der Waals surface area contributed by atoms with Crippen LogP contribution in [0.1, 0.15) is 26.3 Å². The molecule has 1 aliphatic rings. The molecular weight excluding hydrogens is 264 g/mol. The number of benzene rings is 1. The van der Waals surface area contributed by atoms with Gasteiger partial charge in [-0.05, 0) is 38.5 Å². The summed E-state index contributed by atoms with van der Waals surface area (Å²) in [5, 5.41) is 0. The first-order chi connectivity index (χ1) is 9.85. The minimum Gasteiger partial charge on any atom is -0.456 e. The minimum atomic E-state index is -0.503. The molecule has 1 atom stereocenters. The largest absolute Gasteiger partial charge is 0.456 e. The second-order valence-electron chi connectivity index (χ2n) is 6.09. The number of rotatable bonds is 3. The summed E-state index contributed by atoms with van der Waals surface area (Å²) < 4.78 is 5.35. The molecule has 1 aliphatic heterocycles. The Morgan fingerprint density at radius 2 is 1.95 bits per heavy atom. The molecule has 0 amide bonds. The average molecular weight is 286 g/mol. The summed E-state index contributed by atoms with van der Waals surface area (Å²) in [6, 6.07) is 10.1. The molecule has 0 spiro atoms.